The molecule has 0 unspecified atom stereocenters. The number of benzene rings is 3. The van der Waals surface area contributed by atoms with Crippen molar-refractivity contribution in [3.8, 4) is 0 Å². The summed E-state index contributed by atoms with van der Waals surface area (Å²) in [4.78, 5) is 24.7. The molecule has 0 radical (unpaired) electrons. The quantitative estimate of drug-likeness (QED) is 0.710. The smallest absolute Gasteiger partial charge is 0.255 e. The lowest BCUT2D eigenvalue weighted by molar-refractivity contribution is 0.0951. The predicted octanol–water partition coefficient (Wildman–Crippen LogP) is 4.32. The fourth-order valence-corrected chi connectivity index (χ4v) is 2.56. The first-order chi connectivity index (χ1) is 13.0. The molecule has 0 aromatic heterocycles. The Morgan fingerprint density at radius 3 is 2.22 bits per heavy atom. The van der Waals surface area contributed by atoms with E-state index in [0.29, 0.717) is 23.4 Å². The van der Waals surface area contributed by atoms with Crippen LogP contribution in [0.2, 0.25) is 0 Å². The topological polar surface area (TPSA) is 58.2 Å². The summed E-state index contributed by atoms with van der Waals surface area (Å²) in [5.41, 5.74) is 3.21. The van der Waals surface area contributed by atoms with Crippen LogP contribution < -0.4 is 10.6 Å². The first kappa shape index (κ1) is 18.3. The van der Waals surface area contributed by atoms with Gasteiger partial charge in [0.15, 0.2) is 0 Å². The van der Waals surface area contributed by atoms with Crippen molar-refractivity contribution in [1.82, 2.24) is 5.32 Å². The largest absolute Gasteiger partial charge is 0.348 e. The summed E-state index contributed by atoms with van der Waals surface area (Å²) in [6.45, 7) is 2.40. The van der Waals surface area contributed by atoms with E-state index in [1.54, 1.807) is 24.3 Å². The van der Waals surface area contributed by atoms with E-state index in [1.807, 2.05) is 31.2 Å². The number of amides is 2. The molecule has 0 bridgehead atoms. The standard InChI is InChI=1S/C22H19FN2O2/c1-15-8-10-16(11-9-15)14-24-21(26)17-4-2-5-18(12-17)22(27)25-20-7-3-6-19(23)13-20/h2-13H,14H2,1H3,(H,24,26)(H,25,27). The summed E-state index contributed by atoms with van der Waals surface area (Å²) in [6, 6.07) is 19.9. The molecule has 4 nitrogen and oxygen atoms in total. The minimum absolute atomic E-state index is 0.268. The van der Waals surface area contributed by atoms with Gasteiger partial charge in [0.1, 0.15) is 5.82 Å². The fourth-order valence-electron chi connectivity index (χ4n) is 2.56. The minimum atomic E-state index is -0.433. The Bertz CT molecular complexity index is 968. The first-order valence-corrected chi connectivity index (χ1v) is 8.52. The van der Waals surface area contributed by atoms with Gasteiger partial charge in [-0.25, -0.2) is 4.39 Å². The maximum absolute atomic E-state index is 13.2. The van der Waals surface area contributed by atoms with E-state index < -0.39 is 11.7 Å². The predicted molar refractivity (Wildman–Crippen MR) is 103 cm³/mol. The molecule has 2 N–H and O–H groups in total. The highest BCUT2D eigenvalue weighted by molar-refractivity contribution is 6.06. The van der Waals surface area contributed by atoms with Crippen LogP contribution in [0.5, 0.6) is 0 Å². The van der Waals surface area contributed by atoms with Crippen molar-refractivity contribution in [1.29, 1.82) is 0 Å². The van der Waals surface area contributed by atoms with Crippen molar-refractivity contribution in [2.75, 3.05) is 5.32 Å². The van der Waals surface area contributed by atoms with Gasteiger partial charge in [0.05, 0.1) is 0 Å². The zero-order chi connectivity index (χ0) is 19.2. The maximum atomic E-state index is 13.2. The summed E-state index contributed by atoms with van der Waals surface area (Å²) in [5, 5.41) is 5.46. The van der Waals surface area contributed by atoms with Crippen LogP contribution in [-0.2, 0) is 6.54 Å². The lowest BCUT2D eigenvalue weighted by atomic mass is 10.1. The summed E-state index contributed by atoms with van der Waals surface area (Å²) in [6.07, 6.45) is 0. The number of rotatable bonds is 5. The van der Waals surface area contributed by atoms with Gasteiger partial charge in [-0.05, 0) is 48.9 Å². The van der Waals surface area contributed by atoms with Crippen LogP contribution >= 0.6 is 0 Å². The molecule has 3 aromatic rings. The Morgan fingerprint density at radius 1 is 0.852 bits per heavy atom. The number of halogens is 1. The molecule has 0 aliphatic carbocycles. The third-order valence-corrected chi connectivity index (χ3v) is 4.04. The molecule has 136 valence electrons. The molecule has 0 saturated heterocycles. The molecule has 0 atom stereocenters. The van der Waals surface area contributed by atoms with Crippen molar-refractivity contribution in [2.45, 2.75) is 13.5 Å². The van der Waals surface area contributed by atoms with E-state index in [2.05, 4.69) is 10.6 Å². The monoisotopic (exact) mass is 362 g/mol. The van der Waals surface area contributed by atoms with Crippen LogP contribution in [0.4, 0.5) is 10.1 Å². The Morgan fingerprint density at radius 2 is 1.52 bits per heavy atom. The average molecular weight is 362 g/mol. The minimum Gasteiger partial charge on any atom is -0.348 e. The molecule has 2 amide bonds. The van der Waals surface area contributed by atoms with Crippen LogP contribution in [-0.4, -0.2) is 11.8 Å². The van der Waals surface area contributed by atoms with Gasteiger partial charge in [0.2, 0.25) is 0 Å². The molecule has 3 aromatic carbocycles. The van der Waals surface area contributed by atoms with Crippen LogP contribution in [0.15, 0.2) is 72.8 Å². The molecule has 27 heavy (non-hydrogen) atoms. The van der Waals surface area contributed by atoms with E-state index in [-0.39, 0.29) is 5.91 Å². The van der Waals surface area contributed by atoms with Gasteiger partial charge in [0.25, 0.3) is 11.8 Å². The molecule has 0 spiro atoms. The highest BCUT2D eigenvalue weighted by Crippen LogP contribution is 2.13. The van der Waals surface area contributed by atoms with Gasteiger partial charge in [-0.3, -0.25) is 9.59 Å². The summed E-state index contributed by atoms with van der Waals surface area (Å²) in [5.74, 6) is -1.11. The second-order valence-electron chi connectivity index (χ2n) is 6.21. The molecule has 0 fully saturated rings. The number of anilines is 1. The number of carbonyl (C=O) groups excluding carboxylic acids is 2. The van der Waals surface area contributed by atoms with Gasteiger partial charge >= 0.3 is 0 Å². The second kappa shape index (κ2) is 8.27. The van der Waals surface area contributed by atoms with Crippen molar-refractivity contribution >= 4 is 17.5 Å². The van der Waals surface area contributed by atoms with E-state index in [9.17, 15) is 14.0 Å². The van der Waals surface area contributed by atoms with E-state index in [1.165, 1.54) is 24.3 Å². The molecule has 0 saturated carbocycles. The zero-order valence-electron chi connectivity index (χ0n) is 14.8. The number of hydrogen-bond donors (Lipinski definition) is 2. The zero-order valence-corrected chi connectivity index (χ0v) is 14.8. The van der Waals surface area contributed by atoms with Gasteiger partial charge in [-0.15, -0.1) is 0 Å². The molecule has 0 aliphatic heterocycles. The van der Waals surface area contributed by atoms with Gasteiger partial charge in [-0.2, -0.15) is 0 Å². The summed E-state index contributed by atoms with van der Waals surface area (Å²) in [7, 11) is 0. The lowest BCUT2D eigenvalue weighted by Gasteiger charge is -2.08. The third-order valence-electron chi connectivity index (χ3n) is 4.04. The van der Waals surface area contributed by atoms with Gasteiger partial charge < -0.3 is 10.6 Å². The lowest BCUT2D eigenvalue weighted by Crippen LogP contribution is -2.23. The summed E-state index contributed by atoms with van der Waals surface area (Å²) < 4.78 is 13.2. The van der Waals surface area contributed by atoms with E-state index in [4.69, 9.17) is 0 Å². The van der Waals surface area contributed by atoms with Gasteiger partial charge in [-0.1, -0.05) is 42.0 Å². The van der Waals surface area contributed by atoms with Crippen LogP contribution in [0.25, 0.3) is 0 Å². The van der Waals surface area contributed by atoms with Crippen LogP contribution in [0, 0.1) is 12.7 Å². The van der Waals surface area contributed by atoms with Crippen molar-refractivity contribution in [2.24, 2.45) is 0 Å². The normalized spacial score (nSPS) is 10.3. The van der Waals surface area contributed by atoms with Crippen LogP contribution in [0.1, 0.15) is 31.8 Å². The number of hydrogen-bond acceptors (Lipinski definition) is 2. The first-order valence-electron chi connectivity index (χ1n) is 8.52. The molecular formula is C22H19FN2O2. The Labute approximate surface area is 157 Å². The molecular weight excluding hydrogens is 343 g/mol. The average Bonchev–Trinajstić information content (AvgIpc) is 2.67. The molecule has 3 rings (SSSR count). The Kier molecular flexibility index (Phi) is 5.61. The Hall–Kier alpha value is -3.47. The molecule has 5 heteroatoms. The highest BCUT2D eigenvalue weighted by Gasteiger charge is 2.11. The van der Waals surface area contributed by atoms with Crippen molar-refractivity contribution in [3.05, 3.63) is 101 Å². The molecule has 0 aliphatic rings. The third kappa shape index (κ3) is 5.01. The van der Waals surface area contributed by atoms with Gasteiger partial charge in [0, 0.05) is 23.4 Å². The fraction of sp³-hybridized carbons (Fsp3) is 0.0909. The number of carbonyl (C=O) groups is 2. The second-order valence-corrected chi connectivity index (χ2v) is 6.21. The SMILES string of the molecule is Cc1ccc(CNC(=O)c2cccc(C(=O)Nc3cccc(F)c3)c2)cc1. The van der Waals surface area contributed by atoms with E-state index >= 15 is 0 Å². The molecule has 0 heterocycles. The van der Waals surface area contributed by atoms with Crippen molar-refractivity contribution in [3.63, 3.8) is 0 Å². The van der Waals surface area contributed by atoms with Crippen LogP contribution in [0.3, 0.4) is 0 Å². The van der Waals surface area contributed by atoms with E-state index in [0.717, 1.165) is 11.1 Å². The highest BCUT2D eigenvalue weighted by atomic mass is 19.1. The Balaban J connectivity index is 1.66. The number of nitrogens with one attached hydrogen (secondary N) is 2. The van der Waals surface area contributed by atoms with Crippen molar-refractivity contribution < 1.29 is 14.0 Å². The summed E-state index contributed by atoms with van der Waals surface area (Å²) >= 11 is 0. The number of aryl methyl sites for hydroxylation is 1. The maximum Gasteiger partial charge on any atom is 0.255 e.